The number of benzene rings is 3. The Kier molecular flexibility index (Phi) is 5.19. The normalized spacial score (nSPS) is 14.9. The molecule has 32 heavy (non-hydrogen) atoms. The molecule has 3 aromatic carbocycles. The fourth-order valence-corrected chi connectivity index (χ4v) is 4.22. The standard InChI is InChI=1S/C26H24N4O2/c1-16-6-12-22-23(14-16)29-24(28-22)15-17-7-9-18(10-8-17)27-25(31)13-11-20-19-4-2-3-5-21(19)30-26(20)32/h2-10,12,14,20H,11,13,15H2,1H3,(H,27,31)(H,28,29)(H,30,32). The summed E-state index contributed by atoms with van der Waals surface area (Å²) in [5.41, 5.74) is 6.88. The summed E-state index contributed by atoms with van der Waals surface area (Å²) in [5.74, 6) is 0.510. The van der Waals surface area contributed by atoms with Gasteiger partial charge in [0, 0.05) is 24.2 Å². The number of rotatable bonds is 6. The molecule has 0 spiro atoms. The molecule has 1 aromatic heterocycles. The number of aromatic amines is 1. The molecule has 0 bridgehead atoms. The molecule has 0 saturated heterocycles. The predicted octanol–water partition coefficient (Wildman–Crippen LogP) is 4.92. The number of imidazole rings is 1. The Balaban J connectivity index is 1.17. The third-order valence-electron chi connectivity index (χ3n) is 5.87. The van der Waals surface area contributed by atoms with E-state index in [0.29, 0.717) is 12.8 Å². The average Bonchev–Trinajstić information content (AvgIpc) is 3.32. The number of nitrogens with zero attached hydrogens (tertiary/aromatic N) is 1. The molecule has 5 rings (SSSR count). The van der Waals surface area contributed by atoms with E-state index in [1.54, 1.807) is 0 Å². The number of nitrogens with one attached hydrogen (secondary N) is 3. The summed E-state index contributed by atoms with van der Waals surface area (Å²) in [6.45, 7) is 2.06. The van der Waals surface area contributed by atoms with Crippen LogP contribution in [0, 0.1) is 6.92 Å². The minimum atomic E-state index is -0.271. The molecule has 2 amide bonds. The number of anilines is 2. The first-order valence-electron chi connectivity index (χ1n) is 10.8. The fourth-order valence-electron chi connectivity index (χ4n) is 4.22. The van der Waals surface area contributed by atoms with Crippen LogP contribution >= 0.6 is 0 Å². The number of aromatic nitrogens is 2. The molecule has 0 aliphatic carbocycles. The summed E-state index contributed by atoms with van der Waals surface area (Å²) in [6, 6.07) is 21.6. The summed E-state index contributed by atoms with van der Waals surface area (Å²) >= 11 is 0. The van der Waals surface area contributed by atoms with E-state index < -0.39 is 0 Å². The lowest BCUT2D eigenvalue weighted by Crippen LogP contribution is -2.16. The van der Waals surface area contributed by atoms with Crippen molar-refractivity contribution < 1.29 is 9.59 Å². The Hall–Kier alpha value is -3.93. The number of fused-ring (bicyclic) bond motifs is 2. The van der Waals surface area contributed by atoms with Gasteiger partial charge in [-0.15, -0.1) is 0 Å². The number of H-pyrrole nitrogens is 1. The minimum absolute atomic E-state index is 0.0379. The Bertz CT molecular complexity index is 1310. The van der Waals surface area contributed by atoms with Crippen LogP contribution in [0.5, 0.6) is 0 Å². The summed E-state index contributed by atoms with van der Waals surface area (Å²) < 4.78 is 0. The van der Waals surface area contributed by atoms with Gasteiger partial charge >= 0.3 is 0 Å². The van der Waals surface area contributed by atoms with Crippen LogP contribution in [0.2, 0.25) is 0 Å². The van der Waals surface area contributed by atoms with Gasteiger partial charge in [0.15, 0.2) is 0 Å². The van der Waals surface area contributed by atoms with Gasteiger partial charge in [-0.25, -0.2) is 4.98 Å². The van der Waals surface area contributed by atoms with Crippen molar-refractivity contribution in [3.63, 3.8) is 0 Å². The molecule has 3 N–H and O–H groups in total. The summed E-state index contributed by atoms with van der Waals surface area (Å²) in [5, 5.41) is 5.81. The number of aryl methyl sites for hydroxylation is 1. The molecule has 6 nitrogen and oxygen atoms in total. The maximum atomic E-state index is 12.4. The quantitative estimate of drug-likeness (QED) is 0.411. The molecular formula is C26H24N4O2. The highest BCUT2D eigenvalue weighted by Crippen LogP contribution is 2.35. The molecule has 0 radical (unpaired) electrons. The number of carbonyl (C=O) groups excluding carboxylic acids is 2. The first-order chi connectivity index (χ1) is 15.5. The van der Waals surface area contributed by atoms with Gasteiger partial charge in [0.2, 0.25) is 11.8 Å². The highest BCUT2D eigenvalue weighted by atomic mass is 16.2. The number of para-hydroxylation sites is 1. The number of carbonyl (C=O) groups is 2. The van der Waals surface area contributed by atoms with Crippen molar-refractivity contribution in [1.82, 2.24) is 9.97 Å². The maximum Gasteiger partial charge on any atom is 0.232 e. The molecule has 2 heterocycles. The predicted molar refractivity (Wildman–Crippen MR) is 126 cm³/mol. The zero-order valence-corrected chi connectivity index (χ0v) is 17.8. The van der Waals surface area contributed by atoms with Crippen LogP contribution in [0.25, 0.3) is 11.0 Å². The summed E-state index contributed by atoms with van der Waals surface area (Å²) in [4.78, 5) is 32.7. The molecule has 4 aromatic rings. The van der Waals surface area contributed by atoms with Gasteiger partial charge in [0.1, 0.15) is 5.82 Å². The lowest BCUT2D eigenvalue weighted by Gasteiger charge is -2.10. The molecule has 1 aliphatic heterocycles. The van der Waals surface area contributed by atoms with Crippen LogP contribution in [0.4, 0.5) is 11.4 Å². The zero-order valence-electron chi connectivity index (χ0n) is 17.8. The van der Waals surface area contributed by atoms with Crippen LogP contribution in [-0.2, 0) is 16.0 Å². The SMILES string of the molecule is Cc1ccc2nc(Cc3ccc(NC(=O)CCC4C(=O)Nc5ccccc54)cc3)[nH]c2c1. The Morgan fingerprint density at radius 2 is 1.88 bits per heavy atom. The van der Waals surface area contributed by atoms with E-state index in [9.17, 15) is 9.59 Å². The Morgan fingerprint density at radius 1 is 1.06 bits per heavy atom. The van der Waals surface area contributed by atoms with Crippen molar-refractivity contribution in [1.29, 1.82) is 0 Å². The van der Waals surface area contributed by atoms with Gasteiger partial charge in [0.25, 0.3) is 0 Å². The second-order valence-electron chi connectivity index (χ2n) is 8.29. The second-order valence-corrected chi connectivity index (χ2v) is 8.29. The monoisotopic (exact) mass is 424 g/mol. The van der Waals surface area contributed by atoms with E-state index in [-0.39, 0.29) is 24.2 Å². The molecule has 0 fully saturated rings. The Labute approximate surface area is 186 Å². The van der Waals surface area contributed by atoms with E-state index >= 15 is 0 Å². The third kappa shape index (κ3) is 4.12. The van der Waals surface area contributed by atoms with Gasteiger partial charge in [-0.1, -0.05) is 36.4 Å². The van der Waals surface area contributed by atoms with E-state index in [1.807, 2.05) is 54.6 Å². The molecule has 6 heteroatoms. The van der Waals surface area contributed by atoms with Crippen LogP contribution in [-0.4, -0.2) is 21.8 Å². The van der Waals surface area contributed by atoms with E-state index in [1.165, 1.54) is 5.56 Å². The van der Waals surface area contributed by atoms with Crippen molar-refractivity contribution in [3.05, 3.63) is 89.2 Å². The van der Waals surface area contributed by atoms with Crippen molar-refractivity contribution in [3.8, 4) is 0 Å². The molecular weight excluding hydrogens is 400 g/mol. The molecule has 160 valence electrons. The van der Waals surface area contributed by atoms with Crippen LogP contribution in [0.3, 0.4) is 0 Å². The van der Waals surface area contributed by atoms with Gasteiger partial charge < -0.3 is 15.6 Å². The first-order valence-corrected chi connectivity index (χ1v) is 10.8. The maximum absolute atomic E-state index is 12.4. The molecule has 0 saturated carbocycles. The second kappa shape index (κ2) is 8.30. The number of hydrogen-bond acceptors (Lipinski definition) is 3. The third-order valence-corrected chi connectivity index (χ3v) is 5.87. The van der Waals surface area contributed by atoms with E-state index in [2.05, 4.69) is 39.7 Å². The van der Waals surface area contributed by atoms with Crippen molar-refractivity contribution >= 4 is 34.2 Å². The minimum Gasteiger partial charge on any atom is -0.342 e. The Morgan fingerprint density at radius 3 is 2.72 bits per heavy atom. The molecule has 1 aliphatic rings. The van der Waals surface area contributed by atoms with Crippen LogP contribution in [0.15, 0.2) is 66.7 Å². The van der Waals surface area contributed by atoms with Crippen molar-refractivity contribution in [2.75, 3.05) is 10.6 Å². The number of hydrogen-bond donors (Lipinski definition) is 3. The topological polar surface area (TPSA) is 86.9 Å². The largest absolute Gasteiger partial charge is 0.342 e. The smallest absolute Gasteiger partial charge is 0.232 e. The first kappa shape index (κ1) is 20.0. The molecule has 1 unspecified atom stereocenters. The fraction of sp³-hybridized carbons (Fsp3) is 0.192. The number of amides is 2. The highest BCUT2D eigenvalue weighted by Gasteiger charge is 2.30. The van der Waals surface area contributed by atoms with Gasteiger partial charge in [0.05, 0.1) is 17.0 Å². The lowest BCUT2D eigenvalue weighted by atomic mass is 9.95. The van der Waals surface area contributed by atoms with Gasteiger partial charge in [-0.05, 0) is 60.4 Å². The summed E-state index contributed by atoms with van der Waals surface area (Å²) in [7, 11) is 0. The lowest BCUT2D eigenvalue weighted by molar-refractivity contribution is -0.118. The van der Waals surface area contributed by atoms with Crippen LogP contribution < -0.4 is 10.6 Å². The summed E-state index contributed by atoms with van der Waals surface area (Å²) in [6.07, 6.45) is 1.46. The highest BCUT2D eigenvalue weighted by molar-refractivity contribution is 6.03. The zero-order chi connectivity index (χ0) is 22.1. The van der Waals surface area contributed by atoms with Crippen molar-refractivity contribution in [2.45, 2.75) is 32.1 Å². The molecule has 1 atom stereocenters. The van der Waals surface area contributed by atoms with Crippen molar-refractivity contribution in [2.24, 2.45) is 0 Å². The van der Waals surface area contributed by atoms with E-state index in [0.717, 1.165) is 39.4 Å². The average molecular weight is 425 g/mol. The van der Waals surface area contributed by atoms with Crippen LogP contribution in [0.1, 0.15) is 41.3 Å². The van der Waals surface area contributed by atoms with E-state index in [4.69, 9.17) is 0 Å². The van der Waals surface area contributed by atoms with Gasteiger partial charge in [-0.2, -0.15) is 0 Å². The van der Waals surface area contributed by atoms with Gasteiger partial charge in [-0.3, -0.25) is 9.59 Å².